The number of carbonyl (C=O) groups excluding carboxylic acids is 2. The van der Waals surface area contributed by atoms with E-state index in [-0.39, 0.29) is 11.9 Å². The fourth-order valence-corrected chi connectivity index (χ4v) is 5.09. The summed E-state index contributed by atoms with van der Waals surface area (Å²) in [6, 6.07) is 16.0. The quantitative estimate of drug-likeness (QED) is 0.384. The van der Waals surface area contributed by atoms with E-state index in [0.29, 0.717) is 17.8 Å². The molecule has 0 saturated heterocycles. The Balaban J connectivity index is 1.41. The van der Waals surface area contributed by atoms with Crippen molar-refractivity contribution >= 4 is 33.8 Å². The molecule has 4 heterocycles. The zero-order chi connectivity index (χ0) is 24.1. The molecule has 2 aromatic carbocycles. The second-order valence-corrected chi connectivity index (χ2v) is 8.75. The van der Waals surface area contributed by atoms with Crippen LogP contribution < -0.4 is 0 Å². The number of fused-ring (bicyclic) bond motifs is 4. The molecule has 0 saturated carbocycles. The third-order valence-corrected chi connectivity index (χ3v) is 6.81. The number of hydrogen-bond acceptors (Lipinski definition) is 5. The van der Waals surface area contributed by atoms with E-state index in [9.17, 15) is 9.59 Å². The minimum absolute atomic E-state index is 0.237. The molecule has 0 radical (unpaired) electrons. The van der Waals surface area contributed by atoms with Crippen LogP contribution in [0.5, 0.6) is 0 Å². The number of benzene rings is 2. The van der Waals surface area contributed by atoms with Gasteiger partial charge in [-0.3, -0.25) is 9.78 Å². The summed E-state index contributed by atoms with van der Waals surface area (Å²) >= 11 is 0. The largest absolute Gasteiger partial charge is 0.467 e. The summed E-state index contributed by atoms with van der Waals surface area (Å²) < 4.78 is 5.12. The first kappa shape index (κ1) is 21.1. The number of hydrogen-bond donors (Lipinski definition) is 2. The van der Waals surface area contributed by atoms with E-state index in [4.69, 9.17) is 4.74 Å². The summed E-state index contributed by atoms with van der Waals surface area (Å²) in [6.45, 7) is 1.94. The van der Waals surface area contributed by atoms with Gasteiger partial charge in [0.2, 0.25) is 0 Å². The number of para-hydroxylation sites is 1. The lowest BCUT2D eigenvalue weighted by molar-refractivity contribution is -0.147. The molecule has 6 rings (SSSR count). The second kappa shape index (κ2) is 8.09. The maximum absolute atomic E-state index is 13.8. The summed E-state index contributed by atoms with van der Waals surface area (Å²) in [6.07, 6.45) is 3.81. The Morgan fingerprint density at radius 3 is 2.63 bits per heavy atom. The SMILES string of the molecule is COC(=O)C1Cc2c([nH]c3ccccc23)C(C)N1C(=O)c1ccc2nc(-c3ccncc3)[nH]c2c1. The van der Waals surface area contributed by atoms with Gasteiger partial charge in [0.25, 0.3) is 5.91 Å². The van der Waals surface area contributed by atoms with Crippen LogP contribution in [-0.4, -0.2) is 49.9 Å². The number of ether oxygens (including phenoxy) is 1. The van der Waals surface area contributed by atoms with Gasteiger partial charge in [-0.15, -0.1) is 0 Å². The highest BCUT2D eigenvalue weighted by molar-refractivity contribution is 6.00. The molecule has 2 atom stereocenters. The van der Waals surface area contributed by atoms with Crippen LogP contribution in [0.3, 0.4) is 0 Å². The van der Waals surface area contributed by atoms with Gasteiger partial charge in [-0.25, -0.2) is 9.78 Å². The normalized spacial score (nSPS) is 17.5. The number of H-pyrrole nitrogens is 2. The Bertz CT molecular complexity index is 1590. The Kier molecular flexibility index (Phi) is 4.88. The standard InChI is InChI=1S/C27H23N5O3/c1-15-24-19(18-5-3-4-6-20(18)29-24)14-23(27(34)35-2)32(15)26(33)17-7-8-21-22(13-17)31-25(30-21)16-9-11-28-12-10-16/h3-13,15,23,29H,14H2,1-2H3,(H,30,31). The van der Waals surface area contributed by atoms with Gasteiger partial charge in [-0.05, 0) is 48.9 Å². The van der Waals surface area contributed by atoms with E-state index in [0.717, 1.165) is 38.8 Å². The van der Waals surface area contributed by atoms with E-state index >= 15 is 0 Å². The molecule has 1 aliphatic heterocycles. The molecule has 0 aliphatic carbocycles. The number of amides is 1. The molecule has 174 valence electrons. The number of nitrogens with zero attached hydrogens (tertiary/aromatic N) is 3. The van der Waals surface area contributed by atoms with Crippen LogP contribution in [0.25, 0.3) is 33.3 Å². The highest BCUT2D eigenvalue weighted by Crippen LogP contribution is 2.38. The Morgan fingerprint density at radius 2 is 1.83 bits per heavy atom. The van der Waals surface area contributed by atoms with Gasteiger partial charge in [-0.1, -0.05) is 18.2 Å². The first-order valence-electron chi connectivity index (χ1n) is 11.5. The van der Waals surface area contributed by atoms with E-state index in [2.05, 4.69) is 19.9 Å². The van der Waals surface area contributed by atoms with Gasteiger partial charge in [0.1, 0.15) is 11.9 Å². The van der Waals surface area contributed by atoms with Crippen LogP contribution in [0.15, 0.2) is 67.0 Å². The van der Waals surface area contributed by atoms with Crippen molar-refractivity contribution in [2.45, 2.75) is 25.4 Å². The third-order valence-electron chi connectivity index (χ3n) is 6.81. The Labute approximate surface area is 201 Å². The van der Waals surface area contributed by atoms with Crippen LogP contribution in [0.2, 0.25) is 0 Å². The number of pyridine rings is 1. The highest BCUT2D eigenvalue weighted by atomic mass is 16.5. The van der Waals surface area contributed by atoms with Crippen LogP contribution in [0.1, 0.15) is 34.6 Å². The van der Waals surface area contributed by atoms with Gasteiger partial charge in [-0.2, -0.15) is 0 Å². The van der Waals surface area contributed by atoms with Crippen molar-refractivity contribution < 1.29 is 14.3 Å². The number of esters is 1. The molecular formula is C27H23N5O3. The molecule has 0 fully saturated rings. The van der Waals surface area contributed by atoms with E-state index in [1.165, 1.54) is 7.11 Å². The highest BCUT2D eigenvalue weighted by Gasteiger charge is 2.41. The minimum atomic E-state index is -0.723. The molecule has 2 N–H and O–H groups in total. The number of aromatic nitrogens is 4. The zero-order valence-corrected chi connectivity index (χ0v) is 19.3. The van der Waals surface area contributed by atoms with Crippen LogP contribution >= 0.6 is 0 Å². The third kappa shape index (κ3) is 3.37. The maximum atomic E-state index is 13.8. The lowest BCUT2D eigenvalue weighted by Gasteiger charge is -2.39. The van der Waals surface area contributed by atoms with Gasteiger partial charge in [0, 0.05) is 46.5 Å². The average molecular weight is 466 g/mol. The van der Waals surface area contributed by atoms with Crippen molar-refractivity contribution in [3.63, 3.8) is 0 Å². The zero-order valence-electron chi connectivity index (χ0n) is 19.3. The number of aromatic amines is 2. The van der Waals surface area contributed by atoms with Crippen molar-refractivity contribution in [1.29, 1.82) is 0 Å². The number of nitrogens with one attached hydrogen (secondary N) is 2. The monoisotopic (exact) mass is 465 g/mol. The lowest BCUT2D eigenvalue weighted by Crippen LogP contribution is -2.50. The lowest BCUT2D eigenvalue weighted by atomic mass is 9.91. The maximum Gasteiger partial charge on any atom is 0.328 e. The smallest absolute Gasteiger partial charge is 0.328 e. The summed E-state index contributed by atoms with van der Waals surface area (Å²) in [5.41, 5.74) is 5.87. The van der Waals surface area contributed by atoms with Gasteiger partial charge >= 0.3 is 5.97 Å². The molecule has 35 heavy (non-hydrogen) atoms. The molecule has 1 aliphatic rings. The number of carbonyl (C=O) groups is 2. The van der Waals surface area contributed by atoms with Crippen molar-refractivity contribution in [1.82, 2.24) is 24.8 Å². The van der Waals surface area contributed by atoms with E-state index in [1.54, 1.807) is 29.4 Å². The molecule has 0 bridgehead atoms. The Hall–Kier alpha value is -4.46. The number of rotatable bonds is 3. The van der Waals surface area contributed by atoms with Gasteiger partial charge in [0.05, 0.1) is 24.2 Å². The first-order chi connectivity index (χ1) is 17.0. The fourth-order valence-electron chi connectivity index (χ4n) is 5.09. The Morgan fingerprint density at radius 1 is 1.03 bits per heavy atom. The van der Waals surface area contributed by atoms with E-state index in [1.807, 2.05) is 49.4 Å². The molecule has 2 unspecified atom stereocenters. The van der Waals surface area contributed by atoms with Crippen molar-refractivity contribution in [2.24, 2.45) is 0 Å². The average Bonchev–Trinajstić information content (AvgIpc) is 3.50. The molecule has 8 nitrogen and oxygen atoms in total. The van der Waals surface area contributed by atoms with Crippen LogP contribution in [0.4, 0.5) is 0 Å². The predicted molar refractivity (Wildman–Crippen MR) is 132 cm³/mol. The summed E-state index contributed by atoms with van der Waals surface area (Å²) in [4.78, 5) is 43.8. The molecule has 8 heteroatoms. The molecule has 3 aromatic heterocycles. The molecule has 0 spiro atoms. The fraction of sp³-hybridized carbons (Fsp3) is 0.185. The molecule has 5 aromatic rings. The van der Waals surface area contributed by atoms with Crippen LogP contribution in [-0.2, 0) is 16.0 Å². The van der Waals surface area contributed by atoms with Gasteiger partial charge in [0.15, 0.2) is 0 Å². The summed E-state index contributed by atoms with van der Waals surface area (Å²) in [7, 11) is 1.36. The topological polar surface area (TPSA) is 104 Å². The van der Waals surface area contributed by atoms with Gasteiger partial charge < -0.3 is 19.6 Å². The number of methoxy groups -OCH3 is 1. The summed E-state index contributed by atoms with van der Waals surface area (Å²) in [5, 5.41) is 1.07. The number of imidazole rings is 1. The van der Waals surface area contributed by atoms with E-state index < -0.39 is 12.0 Å². The van der Waals surface area contributed by atoms with Crippen molar-refractivity contribution in [3.05, 3.63) is 83.8 Å². The first-order valence-corrected chi connectivity index (χ1v) is 11.5. The van der Waals surface area contributed by atoms with Crippen molar-refractivity contribution in [3.8, 4) is 11.4 Å². The summed E-state index contributed by atoms with van der Waals surface area (Å²) in [5.74, 6) is 0.0383. The minimum Gasteiger partial charge on any atom is -0.467 e. The molecular weight excluding hydrogens is 442 g/mol. The van der Waals surface area contributed by atoms with Crippen LogP contribution in [0, 0.1) is 0 Å². The second-order valence-electron chi connectivity index (χ2n) is 8.75. The predicted octanol–water partition coefficient (Wildman–Crippen LogP) is 4.41. The van der Waals surface area contributed by atoms with Crippen molar-refractivity contribution in [2.75, 3.05) is 7.11 Å². The molecule has 1 amide bonds.